The Morgan fingerprint density at radius 3 is 2.58 bits per heavy atom. The number of likely N-dealkylation sites (N-methyl/N-ethyl adjacent to an activating group) is 1. The molecule has 0 saturated carbocycles. The van der Waals surface area contributed by atoms with E-state index in [2.05, 4.69) is 10.1 Å². The van der Waals surface area contributed by atoms with Gasteiger partial charge in [0.15, 0.2) is 0 Å². The Kier molecular flexibility index (Phi) is 7.83. The number of ether oxygens (including phenoxy) is 1. The van der Waals surface area contributed by atoms with E-state index in [1.54, 1.807) is 12.1 Å². The minimum atomic E-state index is -4.68. The van der Waals surface area contributed by atoms with E-state index in [1.165, 1.54) is 12.1 Å². The molecule has 0 spiro atoms. The Bertz CT molecular complexity index is 523. The molecule has 1 N–H and O–H groups in total. The molecule has 0 radical (unpaired) electrons. The summed E-state index contributed by atoms with van der Waals surface area (Å²) in [5.74, 6) is -0.153. The second-order valence-electron chi connectivity index (χ2n) is 5.63. The van der Waals surface area contributed by atoms with Gasteiger partial charge in [-0.05, 0) is 44.0 Å². The number of halogens is 4. The monoisotopic (exact) mass is 366 g/mol. The van der Waals surface area contributed by atoms with Crippen molar-refractivity contribution in [1.82, 2.24) is 10.2 Å². The summed E-state index contributed by atoms with van der Waals surface area (Å²) in [7, 11) is 1.87. The maximum atomic E-state index is 12.3. The lowest BCUT2D eigenvalue weighted by Crippen LogP contribution is -2.40. The van der Waals surface area contributed by atoms with Crippen molar-refractivity contribution in [3.05, 3.63) is 29.8 Å². The largest absolute Gasteiger partial charge is 0.573 e. The minimum absolute atomic E-state index is 0. The predicted octanol–water partition coefficient (Wildman–Crippen LogP) is 3.15. The maximum Gasteiger partial charge on any atom is 0.573 e. The van der Waals surface area contributed by atoms with Gasteiger partial charge in [0.1, 0.15) is 5.75 Å². The van der Waals surface area contributed by atoms with Gasteiger partial charge in [-0.25, -0.2) is 0 Å². The molecule has 1 aliphatic heterocycles. The van der Waals surface area contributed by atoms with Crippen LogP contribution < -0.4 is 10.1 Å². The first-order valence-electron chi connectivity index (χ1n) is 7.68. The van der Waals surface area contributed by atoms with Crippen LogP contribution in [0.25, 0.3) is 0 Å². The van der Waals surface area contributed by atoms with E-state index < -0.39 is 6.36 Å². The van der Waals surface area contributed by atoms with Crippen molar-refractivity contribution in [2.75, 3.05) is 20.1 Å². The molecule has 24 heavy (non-hydrogen) atoms. The van der Waals surface area contributed by atoms with Crippen LogP contribution in [0.3, 0.4) is 0 Å². The molecule has 0 bridgehead atoms. The zero-order valence-electron chi connectivity index (χ0n) is 13.4. The normalized spacial score (nSPS) is 17.5. The third kappa shape index (κ3) is 6.20. The fourth-order valence-electron chi connectivity index (χ4n) is 2.86. The van der Waals surface area contributed by atoms with E-state index in [9.17, 15) is 18.0 Å². The highest BCUT2D eigenvalue weighted by Gasteiger charge is 2.31. The zero-order valence-corrected chi connectivity index (χ0v) is 14.3. The van der Waals surface area contributed by atoms with Crippen molar-refractivity contribution in [3.63, 3.8) is 0 Å². The molecule has 8 heteroatoms. The number of alkyl halides is 3. The Hall–Kier alpha value is -1.47. The highest BCUT2D eigenvalue weighted by atomic mass is 35.5. The lowest BCUT2D eigenvalue weighted by molar-refractivity contribution is -0.274. The van der Waals surface area contributed by atoms with Crippen LogP contribution in [0.15, 0.2) is 24.3 Å². The SMILES string of the molecule is CNCC1CCCN1C(=O)CCc1ccc(OC(F)(F)F)cc1.Cl. The summed E-state index contributed by atoms with van der Waals surface area (Å²) < 4.78 is 40.1. The van der Waals surface area contributed by atoms with Gasteiger partial charge in [0.25, 0.3) is 0 Å². The van der Waals surface area contributed by atoms with Crippen molar-refractivity contribution in [3.8, 4) is 5.75 Å². The molecular weight excluding hydrogens is 345 g/mol. The quantitative estimate of drug-likeness (QED) is 0.841. The van der Waals surface area contributed by atoms with Crippen LogP contribution in [0.4, 0.5) is 13.2 Å². The summed E-state index contributed by atoms with van der Waals surface area (Å²) in [4.78, 5) is 14.2. The van der Waals surface area contributed by atoms with Gasteiger partial charge in [-0.15, -0.1) is 25.6 Å². The average molecular weight is 367 g/mol. The Morgan fingerprint density at radius 2 is 2.00 bits per heavy atom. The van der Waals surface area contributed by atoms with E-state index in [4.69, 9.17) is 0 Å². The van der Waals surface area contributed by atoms with Crippen molar-refractivity contribution in [2.24, 2.45) is 0 Å². The fourth-order valence-corrected chi connectivity index (χ4v) is 2.86. The molecule has 4 nitrogen and oxygen atoms in total. The van der Waals surface area contributed by atoms with Crippen LogP contribution in [0.5, 0.6) is 5.75 Å². The smallest absolute Gasteiger partial charge is 0.406 e. The Labute approximate surface area is 145 Å². The highest BCUT2D eigenvalue weighted by Crippen LogP contribution is 2.23. The maximum absolute atomic E-state index is 12.3. The standard InChI is InChI=1S/C16H21F3N2O2.ClH/c1-20-11-13-3-2-10-21(13)15(22)9-6-12-4-7-14(8-5-12)23-16(17,18)19;/h4-5,7-8,13,20H,2-3,6,9-11H2,1H3;1H. The molecule has 1 heterocycles. The third-order valence-electron chi connectivity index (χ3n) is 3.92. The Balaban J connectivity index is 0.00000288. The van der Waals surface area contributed by atoms with E-state index in [1.807, 2.05) is 11.9 Å². The van der Waals surface area contributed by atoms with E-state index in [0.717, 1.165) is 31.5 Å². The van der Waals surface area contributed by atoms with Gasteiger partial charge in [-0.1, -0.05) is 12.1 Å². The van der Waals surface area contributed by atoms with Crippen LogP contribution >= 0.6 is 12.4 Å². The number of benzene rings is 1. The van der Waals surface area contributed by atoms with Gasteiger partial charge in [0, 0.05) is 25.6 Å². The first kappa shape index (κ1) is 20.6. The summed E-state index contributed by atoms with van der Waals surface area (Å²) in [6.07, 6.45) is -1.79. The predicted molar refractivity (Wildman–Crippen MR) is 87.4 cm³/mol. The van der Waals surface area contributed by atoms with Crippen molar-refractivity contribution in [2.45, 2.75) is 38.1 Å². The second-order valence-corrected chi connectivity index (χ2v) is 5.63. The Morgan fingerprint density at radius 1 is 1.33 bits per heavy atom. The molecule has 1 amide bonds. The van der Waals surface area contributed by atoms with Crippen LogP contribution in [0.1, 0.15) is 24.8 Å². The van der Waals surface area contributed by atoms with Crippen molar-refractivity contribution < 1.29 is 22.7 Å². The number of carbonyl (C=O) groups is 1. The van der Waals surface area contributed by atoms with Gasteiger partial charge in [0.05, 0.1) is 0 Å². The van der Waals surface area contributed by atoms with Gasteiger partial charge >= 0.3 is 6.36 Å². The van der Waals surface area contributed by atoms with Crippen LogP contribution in [0.2, 0.25) is 0 Å². The van der Waals surface area contributed by atoms with Gasteiger partial charge in [-0.3, -0.25) is 4.79 Å². The second kappa shape index (κ2) is 9.13. The molecule has 1 aliphatic rings. The number of amides is 1. The number of hydrogen-bond donors (Lipinski definition) is 1. The summed E-state index contributed by atoms with van der Waals surface area (Å²) in [6, 6.07) is 5.90. The number of nitrogens with zero attached hydrogens (tertiary/aromatic N) is 1. The number of likely N-dealkylation sites (tertiary alicyclic amines) is 1. The molecular formula is C16H22ClF3N2O2. The molecule has 136 valence electrons. The minimum Gasteiger partial charge on any atom is -0.406 e. The number of carbonyl (C=O) groups excluding carboxylic acids is 1. The number of rotatable bonds is 6. The van der Waals surface area contributed by atoms with E-state index >= 15 is 0 Å². The van der Waals surface area contributed by atoms with Crippen molar-refractivity contribution >= 4 is 18.3 Å². The molecule has 2 rings (SSSR count). The van der Waals surface area contributed by atoms with Gasteiger partial charge < -0.3 is 15.0 Å². The van der Waals surface area contributed by atoms with Crippen LogP contribution in [-0.4, -0.2) is 43.3 Å². The molecule has 0 aliphatic carbocycles. The first-order valence-corrected chi connectivity index (χ1v) is 7.68. The number of nitrogens with one attached hydrogen (secondary N) is 1. The molecule has 1 fully saturated rings. The number of hydrogen-bond acceptors (Lipinski definition) is 3. The highest BCUT2D eigenvalue weighted by molar-refractivity contribution is 5.85. The topological polar surface area (TPSA) is 41.6 Å². The lowest BCUT2D eigenvalue weighted by atomic mass is 10.1. The molecule has 1 atom stereocenters. The summed E-state index contributed by atoms with van der Waals surface area (Å²) in [6.45, 7) is 1.57. The zero-order chi connectivity index (χ0) is 16.9. The summed E-state index contributed by atoms with van der Waals surface area (Å²) >= 11 is 0. The molecule has 1 aromatic rings. The molecule has 1 saturated heterocycles. The third-order valence-corrected chi connectivity index (χ3v) is 3.92. The van der Waals surface area contributed by atoms with Gasteiger partial charge in [-0.2, -0.15) is 0 Å². The van der Waals surface area contributed by atoms with Crippen molar-refractivity contribution in [1.29, 1.82) is 0 Å². The molecule has 1 aromatic carbocycles. The lowest BCUT2D eigenvalue weighted by Gasteiger charge is -2.24. The number of aryl methyl sites for hydroxylation is 1. The molecule has 1 unspecified atom stereocenters. The van der Waals surface area contributed by atoms with E-state index in [-0.39, 0.29) is 30.1 Å². The summed E-state index contributed by atoms with van der Waals surface area (Å²) in [5.41, 5.74) is 0.817. The van der Waals surface area contributed by atoms with Crippen LogP contribution in [0, 0.1) is 0 Å². The van der Waals surface area contributed by atoms with E-state index in [0.29, 0.717) is 12.8 Å². The van der Waals surface area contributed by atoms with Crippen LogP contribution in [-0.2, 0) is 11.2 Å². The first-order chi connectivity index (χ1) is 10.9. The fraction of sp³-hybridized carbons (Fsp3) is 0.562. The molecule has 0 aromatic heterocycles. The average Bonchev–Trinajstić information content (AvgIpc) is 2.93. The van der Waals surface area contributed by atoms with Gasteiger partial charge in [0.2, 0.25) is 5.91 Å². The summed E-state index contributed by atoms with van der Waals surface area (Å²) in [5, 5.41) is 3.09.